The number of hydrogen-bond donors (Lipinski definition) is 0. The van der Waals surface area contributed by atoms with Gasteiger partial charge < -0.3 is 14.7 Å². The van der Waals surface area contributed by atoms with Gasteiger partial charge in [-0.15, -0.1) is 22.7 Å². The second-order valence-electron chi connectivity index (χ2n) is 18.2. The quantitative estimate of drug-likeness (QED) is 0.160. The summed E-state index contributed by atoms with van der Waals surface area (Å²) in [5.74, 6) is 0. The molecule has 0 saturated carbocycles. The van der Waals surface area contributed by atoms with E-state index < -0.39 is 0 Å². The van der Waals surface area contributed by atoms with Gasteiger partial charge in [-0.3, -0.25) is 0 Å². The van der Waals surface area contributed by atoms with Gasteiger partial charge in [0.25, 0.3) is 6.71 Å². The number of nitrogens with zero attached hydrogens (tertiary/aromatic N) is 3. The van der Waals surface area contributed by atoms with E-state index in [1.165, 1.54) is 69.1 Å². The Bertz CT molecular complexity index is 2860. The van der Waals surface area contributed by atoms with E-state index in [1.54, 1.807) is 0 Å². The molecule has 0 atom stereocenters. The maximum Gasteiger partial charge on any atom is 0.277 e. The molecule has 0 radical (unpaired) electrons. The molecule has 0 spiro atoms. The maximum atomic E-state index is 2.59. The molecule has 9 aromatic rings. The largest absolute Gasteiger partial charge is 0.310 e. The molecule has 292 valence electrons. The average Bonchev–Trinajstić information content (AvgIpc) is 3.83. The van der Waals surface area contributed by atoms with Crippen molar-refractivity contribution in [2.24, 2.45) is 0 Å². The van der Waals surface area contributed by atoms with Crippen molar-refractivity contribution < 1.29 is 0 Å². The molecule has 7 aromatic carbocycles. The van der Waals surface area contributed by atoms with Crippen molar-refractivity contribution in [3.8, 4) is 0 Å². The monoisotopic (exact) mass is 811 g/mol. The molecule has 2 aromatic heterocycles. The molecule has 0 bridgehead atoms. The van der Waals surface area contributed by atoms with Crippen LogP contribution in [0.1, 0.15) is 52.7 Å². The van der Waals surface area contributed by atoms with Crippen molar-refractivity contribution in [2.45, 2.75) is 52.4 Å². The first-order valence-electron chi connectivity index (χ1n) is 21.0. The maximum absolute atomic E-state index is 2.59. The second kappa shape index (κ2) is 13.7. The van der Waals surface area contributed by atoms with E-state index in [4.69, 9.17) is 0 Å². The van der Waals surface area contributed by atoms with Crippen LogP contribution in [0.4, 0.5) is 51.2 Å². The van der Waals surface area contributed by atoms with Crippen LogP contribution in [0.5, 0.6) is 0 Å². The topological polar surface area (TPSA) is 9.72 Å². The molecule has 2 aliphatic rings. The first kappa shape index (κ1) is 37.0. The Kier molecular flexibility index (Phi) is 8.46. The zero-order valence-electron chi connectivity index (χ0n) is 34.9. The smallest absolute Gasteiger partial charge is 0.277 e. The fourth-order valence-corrected chi connectivity index (χ4v) is 12.0. The van der Waals surface area contributed by atoms with Gasteiger partial charge in [-0.25, -0.2) is 0 Å². The summed E-state index contributed by atoms with van der Waals surface area (Å²) < 4.78 is 5.45. The van der Waals surface area contributed by atoms with E-state index in [0.717, 1.165) is 28.4 Å². The minimum atomic E-state index is 0.00377. The van der Waals surface area contributed by atoms with E-state index in [-0.39, 0.29) is 17.5 Å². The van der Waals surface area contributed by atoms with Crippen LogP contribution in [-0.2, 0) is 10.8 Å². The van der Waals surface area contributed by atoms with E-state index in [9.17, 15) is 0 Å². The van der Waals surface area contributed by atoms with Crippen LogP contribution in [0.15, 0.2) is 170 Å². The summed E-state index contributed by atoms with van der Waals surface area (Å²) in [7, 11) is 0. The van der Waals surface area contributed by atoms with Crippen LogP contribution in [0.3, 0.4) is 0 Å². The van der Waals surface area contributed by atoms with Gasteiger partial charge >= 0.3 is 0 Å². The number of benzene rings is 7. The second-order valence-corrected chi connectivity index (χ2v) is 20.4. The number of para-hydroxylation sites is 4. The Morgan fingerprint density at radius 2 is 0.817 bits per heavy atom. The van der Waals surface area contributed by atoms with Gasteiger partial charge in [-0.1, -0.05) is 126 Å². The Hall–Kier alpha value is -6.08. The fourth-order valence-electron chi connectivity index (χ4n) is 9.31. The van der Waals surface area contributed by atoms with E-state index in [0.29, 0.717) is 0 Å². The number of anilines is 9. The lowest BCUT2D eigenvalue weighted by Crippen LogP contribution is -2.59. The highest BCUT2D eigenvalue weighted by atomic mass is 32.1. The van der Waals surface area contributed by atoms with Crippen LogP contribution in [0.25, 0.3) is 20.2 Å². The Morgan fingerprint density at radius 1 is 0.433 bits per heavy atom. The summed E-state index contributed by atoms with van der Waals surface area (Å²) in [6.07, 6.45) is 0. The molecule has 0 fully saturated rings. The molecule has 11 rings (SSSR count). The van der Waals surface area contributed by atoms with Gasteiger partial charge in [-0.05, 0) is 112 Å². The van der Waals surface area contributed by atoms with Crippen molar-refractivity contribution in [3.63, 3.8) is 0 Å². The highest BCUT2D eigenvalue weighted by Crippen LogP contribution is 2.53. The molecule has 60 heavy (non-hydrogen) atoms. The minimum absolute atomic E-state index is 0.00377. The molecular formula is C54H46BN3S2. The predicted octanol–water partition coefficient (Wildman–Crippen LogP) is 14.3. The molecule has 2 aliphatic heterocycles. The molecule has 0 unspecified atom stereocenters. The molecule has 0 saturated heterocycles. The number of rotatable bonds is 5. The Balaban J connectivity index is 1.31. The van der Waals surface area contributed by atoms with Gasteiger partial charge in [0.2, 0.25) is 0 Å². The van der Waals surface area contributed by atoms with Crippen molar-refractivity contribution in [3.05, 3.63) is 181 Å². The van der Waals surface area contributed by atoms with E-state index >= 15 is 0 Å². The summed E-state index contributed by atoms with van der Waals surface area (Å²) in [6.45, 7) is 14.0. The first-order chi connectivity index (χ1) is 29.0. The molecule has 4 heterocycles. The first-order valence-corrected chi connectivity index (χ1v) is 22.6. The lowest BCUT2D eigenvalue weighted by Gasteiger charge is -2.43. The van der Waals surface area contributed by atoms with Crippen LogP contribution >= 0.6 is 22.7 Å². The van der Waals surface area contributed by atoms with Crippen molar-refractivity contribution >= 4 is 116 Å². The van der Waals surface area contributed by atoms with Crippen LogP contribution in [-0.4, -0.2) is 6.71 Å². The van der Waals surface area contributed by atoms with E-state index in [2.05, 4.69) is 226 Å². The van der Waals surface area contributed by atoms with Crippen LogP contribution < -0.4 is 29.7 Å². The summed E-state index contributed by atoms with van der Waals surface area (Å²) in [5.41, 5.74) is 14.7. The van der Waals surface area contributed by atoms with Gasteiger partial charge in [0.05, 0.1) is 17.1 Å². The third kappa shape index (κ3) is 5.83. The number of thiophene rings is 2. The normalized spacial score (nSPS) is 13.4. The number of fused-ring (bicyclic) bond motifs is 8. The standard InChI is InChI=1S/C54H46BN3S2/c1-53(2,3)35-27-29-46-42(31-35)49-51(59-46)55-48-44(57(49)39-23-15-9-16-24-39)33-41(56(37-19-11-7-12-20-37)38-21-13-8-14-22-38)34-45(48)58(40-25-17-10-18-26-40)50-43-32-36(54(4,5)6)28-30-47(43)60-52(50)55/h7-34H,1-6H3. The highest BCUT2D eigenvalue weighted by molar-refractivity contribution is 7.40. The Morgan fingerprint density at radius 3 is 1.20 bits per heavy atom. The zero-order valence-corrected chi connectivity index (χ0v) is 36.5. The third-order valence-corrected chi connectivity index (χ3v) is 14.7. The average molecular weight is 812 g/mol. The fraction of sp³-hybridized carbons (Fsp3) is 0.148. The molecule has 0 amide bonds. The molecule has 3 nitrogen and oxygen atoms in total. The lowest BCUT2D eigenvalue weighted by atomic mass is 9.39. The van der Waals surface area contributed by atoms with Gasteiger partial charge in [0.1, 0.15) is 0 Å². The minimum Gasteiger partial charge on any atom is -0.310 e. The molecule has 6 heteroatoms. The molecule has 0 N–H and O–H groups in total. The molecule has 0 aliphatic carbocycles. The van der Waals surface area contributed by atoms with Gasteiger partial charge in [-0.2, -0.15) is 0 Å². The van der Waals surface area contributed by atoms with Gasteiger partial charge in [0.15, 0.2) is 0 Å². The predicted molar refractivity (Wildman–Crippen MR) is 263 cm³/mol. The van der Waals surface area contributed by atoms with Crippen LogP contribution in [0, 0.1) is 0 Å². The SMILES string of the molecule is CC(C)(C)c1ccc2sc3c(c2c1)N(c1ccccc1)c1cc(N(c2ccccc2)c2ccccc2)cc2c1B3c1sc3ccc(C(C)(C)C)cc3c1N2c1ccccc1. The van der Waals surface area contributed by atoms with Crippen molar-refractivity contribution in [2.75, 3.05) is 14.7 Å². The lowest BCUT2D eigenvalue weighted by molar-refractivity contribution is 0.591. The third-order valence-electron chi connectivity index (χ3n) is 12.3. The highest BCUT2D eigenvalue weighted by Gasteiger charge is 2.47. The van der Waals surface area contributed by atoms with Crippen molar-refractivity contribution in [1.29, 1.82) is 0 Å². The van der Waals surface area contributed by atoms with Crippen molar-refractivity contribution in [1.82, 2.24) is 0 Å². The Labute approximate surface area is 361 Å². The summed E-state index contributed by atoms with van der Waals surface area (Å²) in [5, 5.41) is 2.63. The zero-order chi connectivity index (χ0) is 40.9. The number of hydrogen-bond acceptors (Lipinski definition) is 5. The summed E-state index contributed by atoms with van der Waals surface area (Å²) in [6, 6.07) is 63.1. The van der Waals surface area contributed by atoms with Gasteiger partial charge in [0, 0.05) is 63.8 Å². The molecular weight excluding hydrogens is 766 g/mol. The van der Waals surface area contributed by atoms with E-state index in [1.807, 2.05) is 22.7 Å². The summed E-state index contributed by atoms with van der Waals surface area (Å²) in [4.78, 5) is 7.61. The van der Waals surface area contributed by atoms with Crippen LogP contribution in [0.2, 0.25) is 0 Å². The summed E-state index contributed by atoms with van der Waals surface area (Å²) >= 11 is 3.95.